The smallest absolute Gasteiger partial charge is 0.320 e. The average Bonchev–Trinajstić information content (AvgIpc) is 2.62. The van der Waals surface area contributed by atoms with E-state index in [1.165, 1.54) is 0 Å². The largest absolute Gasteiger partial charge is 0.480 e. The van der Waals surface area contributed by atoms with Crippen molar-refractivity contribution in [3.8, 4) is 0 Å². The molecular weight excluding hydrogens is 238 g/mol. The molecule has 0 saturated heterocycles. The van der Waals surface area contributed by atoms with E-state index in [1.54, 1.807) is 26.8 Å². The molecule has 3 N–H and O–H groups in total. The van der Waals surface area contributed by atoms with Crippen molar-refractivity contribution in [2.75, 3.05) is 11.9 Å². The van der Waals surface area contributed by atoms with Crippen LogP contribution in [0.5, 0.6) is 0 Å². The van der Waals surface area contributed by atoms with Crippen LogP contribution in [-0.4, -0.2) is 34.7 Å². The van der Waals surface area contributed by atoms with E-state index in [4.69, 9.17) is 9.63 Å². The molecule has 100 valence electrons. The predicted octanol–water partition coefficient (Wildman–Crippen LogP) is 0.620. The Morgan fingerprint density at radius 2 is 2.17 bits per heavy atom. The third kappa shape index (κ3) is 4.17. The lowest BCUT2D eigenvalue weighted by Gasteiger charge is -2.17. The Kier molecular flexibility index (Phi) is 4.85. The summed E-state index contributed by atoms with van der Waals surface area (Å²) in [6.07, 6.45) is 0. The van der Waals surface area contributed by atoms with Gasteiger partial charge >= 0.3 is 5.97 Å². The highest BCUT2D eigenvalue weighted by Gasteiger charge is 2.21. The summed E-state index contributed by atoms with van der Waals surface area (Å²) in [5.41, 5.74) is 0. The molecule has 7 heteroatoms. The van der Waals surface area contributed by atoms with Crippen LogP contribution in [0.15, 0.2) is 10.6 Å². The maximum absolute atomic E-state index is 11.5. The summed E-state index contributed by atoms with van der Waals surface area (Å²) in [5, 5.41) is 17.7. The molecule has 1 aromatic heterocycles. The Balaban J connectivity index is 2.43. The molecule has 0 aliphatic heterocycles. The van der Waals surface area contributed by atoms with Crippen molar-refractivity contribution in [1.29, 1.82) is 0 Å². The van der Waals surface area contributed by atoms with E-state index in [2.05, 4.69) is 15.8 Å². The number of amides is 1. The first kappa shape index (κ1) is 14.2. The molecule has 1 aromatic rings. The molecule has 1 atom stereocenters. The number of carboxylic acid groups (broad SMARTS) is 1. The van der Waals surface area contributed by atoms with Crippen LogP contribution in [0, 0.1) is 12.8 Å². The van der Waals surface area contributed by atoms with Crippen LogP contribution in [0.4, 0.5) is 5.82 Å². The van der Waals surface area contributed by atoms with Gasteiger partial charge in [0, 0.05) is 6.07 Å². The number of aliphatic carboxylic acids is 1. The number of aromatic nitrogens is 1. The Morgan fingerprint density at radius 3 is 2.61 bits per heavy atom. The fourth-order valence-electron chi connectivity index (χ4n) is 1.42. The van der Waals surface area contributed by atoms with Gasteiger partial charge in [0.1, 0.15) is 11.8 Å². The van der Waals surface area contributed by atoms with Crippen molar-refractivity contribution in [2.24, 2.45) is 5.92 Å². The summed E-state index contributed by atoms with van der Waals surface area (Å²) in [5.74, 6) is -0.547. The Morgan fingerprint density at radius 1 is 1.50 bits per heavy atom. The summed E-state index contributed by atoms with van der Waals surface area (Å²) < 4.78 is 4.79. The van der Waals surface area contributed by atoms with Gasteiger partial charge in [0.05, 0.1) is 6.54 Å². The molecule has 1 rings (SSSR count). The topological polar surface area (TPSA) is 104 Å². The third-order valence-corrected chi connectivity index (χ3v) is 2.31. The maximum Gasteiger partial charge on any atom is 0.320 e. The van der Waals surface area contributed by atoms with E-state index in [0.29, 0.717) is 11.6 Å². The van der Waals surface area contributed by atoms with Crippen LogP contribution in [0.3, 0.4) is 0 Å². The van der Waals surface area contributed by atoms with Crippen molar-refractivity contribution in [1.82, 2.24) is 10.5 Å². The molecule has 1 unspecified atom stereocenters. The van der Waals surface area contributed by atoms with Gasteiger partial charge in [0.2, 0.25) is 5.91 Å². The molecule has 0 aliphatic rings. The summed E-state index contributed by atoms with van der Waals surface area (Å²) in [4.78, 5) is 22.4. The van der Waals surface area contributed by atoms with E-state index in [9.17, 15) is 9.59 Å². The van der Waals surface area contributed by atoms with E-state index in [-0.39, 0.29) is 18.4 Å². The molecule has 0 radical (unpaired) electrons. The molecule has 0 aromatic carbocycles. The first-order valence-corrected chi connectivity index (χ1v) is 5.59. The fraction of sp³-hybridized carbons (Fsp3) is 0.545. The zero-order valence-corrected chi connectivity index (χ0v) is 10.6. The number of aryl methyl sites for hydroxylation is 1. The normalized spacial score (nSPS) is 12.4. The highest BCUT2D eigenvalue weighted by Crippen LogP contribution is 2.06. The van der Waals surface area contributed by atoms with E-state index < -0.39 is 12.0 Å². The molecule has 1 heterocycles. The zero-order valence-electron chi connectivity index (χ0n) is 10.6. The van der Waals surface area contributed by atoms with Gasteiger partial charge in [-0.25, -0.2) is 0 Å². The van der Waals surface area contributed by atoms with Crippen LogP contribution in [0.1, 0.15) is 19.6 Å². The van der Waals surface area contributed by atoms with Crippen LogP contribution in [0.25, 0.3) is 0 Å². The Bertz CT molecular complexity index is 428. The Hall–Kier alpha value is -1.89. The minimum absolute atomic E-state index is 0.0962. The SMILES string of the molecule is Cc1cc(NC(=O)CNC(C(=O)O)C(C)C)no1. The van der Waals surface area contributed by atoms with Gasteiger partial charge in [-0.15, -0.1) is 0 Å². The van der Waals surface area contributed by atoms with E-state index in [1.807, 2.05) is 0 Å². The monoisotopic (exact) mass is 255 g/mol. The third-order valence-electron chi connectivity index (χ3n) is 2.31. The molecular formula is C11H17N3O4. The van der Waals surface area contributed by atoms with Crippen molar-refractivity contribution < 1.29 is 19.2 Å². The van der Waals surface area contributed by atoms with Crippen LogP contribution in [-0.2, 0) is 9.59 Å². The fourth-order valence-corrected chi connectivity index (χ4v) is 1.42. The number of hydrogen-bond acceptors (Lipinski definition) is 5. The molecule has 0 aliphatic carbocycles. The number of carbonyl (C=O) groups is 2. The maximum atomic E-state index is 11.5. The number of rotatable bonds is 6. The number of nitrogens with zero attached hydrogens (tertiary/aromatic N) is 1. The van der Waals surface area contributed by atoms with Crippen molar-refractivity contribution in [2.45, 2.75) is 26.8 Å². The van der Waals surface area contributed by atoms with Gasteiger partial charge in [-0.2, -0.15) is 0 Å². The second kappa shape index (κ2) is 6.15. The average molecular weight is 255 g/mol. The highest BCUT2D eigenvalue weighted by atomic mass is 16.5. The van der Waals surface area contributed by atoms with Gasteiger partial charge in [0.25, 0.3) is 0 Å². The molecule has 7 nitrogen and oxygen atoms in total. The molecule has 0 saturated carbocycles. The molecule has 0 bridgehead atoms. The predicted molar refractivity (Wildman–Crippen MR) is 64.1 cm³/mol. The highest BCUT2D eigenvalue weighted by molar-refractivity contribution is 5.91. The van der Waals surface area contributed by atoms with Gasteiger partial charge in [-0.1, -0.05) is 19.0 Å². The lowest BCUT2D eigenvalue weighted by Crippen LogP contribution is -2.44. The summed E-state index contributed by atoms with van der Waals surface area (Å²) in [7, 11) is 0. The number of nitrogens with one attached hydrogen (secondary N) is 2. The van der Waals surface area contributed by atoms with Crippen LogP contribution >= 0.6 is 0 Å². The van der Waals surface area contributed by atoms with E-state index >= 15 is 0 Å². The molecule has 0 spiro atoms. The lowest BCUT2D eigenvalue weighted by atomic mass is 10.1. The first-order chi connectivity index (χ1) is 8.40. The minimum Gasteiger partial charge on any atom is -0.480 e. The van der Waals surface area contributed by atoms with Crippen molar-refractivity contribution in [3.05, 3.63) is 11.8 Å². The second-order valence-corrected chi connectivity index (χ2v) is 4.31. The number of anilines is 1. The first-order valence-electron chi connectivity index (χ1n) is 5.59. The molecule has 0 fully saturated rings. The van der Waals surface area contributed by atoms with Crippen LogP contribution < -0.4 is 10.6 Å². The summed E-state index contributed by atoms with van der Waals surface area (Å²) >= 11 is 0. The number of hydrogen-bond donors (Lipinski definition) is 3. The quantitative estimate of drug-likeness (QED) is 0.688. The minimum atomic E-state index is -0.977. The van der Waals surface area contributed by atoms with Crippen molar-refractivity contribution >= 4 is 17.7 Å². The lowest BCUT2D eigenvalue weighted by molar-refractivity contribution is -0.140. The summed E-state index contributed by atoms with van der Waals surface area (Å²) in [6, 6.07) is 0.824. The van der Waals surface area contributed by atoms with Gasteiger partial charge < -0.3 is 14.9 Å². The molecule has 1 amide bonds. The molecule has 18 heavy (non-hydrogen) atoms. The van der Waals surface area contributed by atoms with Gasteiger partial charge in [-0.3, -0.25) is 14.9 Å². The standard InChI is InChI=1S/C11H17N3O4/c1-6(2)10(11(16)17)12-5-9(15)13-8-4-7(3)18-14-8/h4,6,10,12H,5H2,1-3H3,(H,16,17)(H,13,14,15). The summed E-state index contributed by atoms with van der Waals surface area (Å²) in [6.45, 7) is 5.15. The van der Waals surface area contributed by atoms with Crippen molar-refractivity contribution in [3.63, 3.8) is 0 Å². The van der Waals surface area contributed by atoms with Gasteiger partial charge in [0.15, 0.2) is 5.82 Å². The van der Waals surface area contributed by atoms with Crippen LogP contribution in [0.2, 0.25) is 0 Å². The second-order valence-electron chi connectivity index (χ2n) is 4.31. The zero-order chi connectivity index (χ0) is 13.7. The number of carbonyl (C=O) groups excluding carboxylic acids is 1. The Labute approximate surface area is 105 Å². The number of carboxylic acids is 1. The van der Waals surface area contributed by atoms with Gasteiger partial charge in [-0.05, 0) is 12.8 Å². The van der Waals surface area contributed by atoms with E-state index in [0.717, 1.165) is 0 Å².